The third-order valence-corrected chi connectivity index (χ3v) is 9.92. The van der Waals surface area contributed by atoms with Gasteiger partial charge in [-0.1, -0.05) is 24.3 Å². The quantitative estimate of drug-likeness (QED) is 0.171. The molecule has 0 radical (unpaired) electrons. The first-order valence-corrected chi connectivity index (χ1v) is 18.8. The molecule has 0 aliphatic carbocycles. The van der Waals surface area contributed by atoms with Crippen molar-refractivity contribution in [2.75, 3.05) is 26.7 Å². The molecule has 8 aromatic rings. The van der Waals surface area contributed by atoms with E-state index in [4.69, 9.17) is 0 Å². The van der Waals surface area contributed by atoms with Crippen molar-refractivity contribution >= 4 is 69.5 Å². The molecule has 0 aliphatic heterocycles. The van der Waals surface area contributed by atoms with E-state index in [1.807, 2.05) is 0 Å². The Balaban J connectivity index is 0.000000300. The minimum absolute atomic E-state index is 0. The fraction of sp³-hybridized carbons (Fsp3) is 0.100. The number of benzene rings is 4. The summed E-state index contributed by atoms with van der Waals surface area (Å²) in [4.78, 5) is 0. The predicted molar refractivity (Wildman–Crippen MR) is 195 cm³/mol. The van der Waals surface area contributed by atoms with Crippen molar-refractivity contribution in [3.8, 4) is 0 Å². The molecule has 0 bridgehead atoms. The number of fused-ring (bicyclic) bond motifs is 4. The predicted octanol–water partition coefficient (Wildman–Crippen LogP) is 4.97. The van der Waals surface area contributed by atoms with E-state index >= 15 is 0 Å². The Morgan fingerprint density at radius 1 is 0.391 bits per heavy atom. The van der Waals surface area contributed by atoms with Crippen molar-refractivity contribution in [2.45, 2.75) is 0 Å². The summed E-state index contributed by atoms with van der Waals surface area (Å²) in [5.74, 6) is 0. The van der Waals surface area contributed by atoms with Crippen molar-refractivity contribution in [3.63, 3.8) is 0 Å². The molecule has 0 saturated heterocycles. The summed E-state index contributed by atoms with van der Waals surface area (Å²) >= 11 is 0. The van der Waals surface area contributed by atoms with Crippen molar-refractivity contribution in [2.24, 2.45) is 0 Å². The molecule has 0 saturated carbocycles. The van der Waals surface area contributed by atoms with Crippen LogP contribution in [-0.4, -0.2) is 26.7 Å². The van der Waals surface area contributed by atoms with E-state index in [1.165, 1.54) is 53.7 Å². The molecule has 0 aromatic heterocycles. The van der Waals surface area contributed by atoms with E-state index in [0.29, 0.717) is 0 Å². The first kappa shape index (κ1) is 41.8. The second-order valence-corrected chi connectivity index (χ2v) is 15.4. The Hall–Kier alpha value is -2.19. The molecule has 0 nitrogen and oxygen atoms in total. The maximum atomic E-state index is 2.31. The molecule has 0 aliphatic rings. The van der Waals surface area contributed by atoms with Gasteiger partial charge in [0.25, 0.3) is 0 Å². The van der Waals surface area contributed by atoms with Gasteiger partial charge in [-0.15, -0.1) is 156 Å². The first-order chi connectivity index (χ1) is 20.5. The largest absolute Gasteiger partial charge is 2.00 e. The molecule has 46 heavy (non-hydrogen) atoms. The van der Waals surface area contributed by atoms with Crippen molar-refractivity contribution in [1.82, 2.24) is 0 Å². The third-order valence-electron chi connectivity index (χ3n) is 7.33. The van der Waals surface area contributed by atoms with Gasteiger partial charge in [-0.2, -0.15) is 47.2 Å². The molecule has 0 atom stereocenters. The van der Waals surface area contributed by atoms with Gasteiger partial charge < -0.3 is 9.41 Å². The van der Waals surface area contributed by atoms with Crippen LogP contribution < -0.4 is 20.0 Å². The van der Waals surface area contributed by atoms with Crippen LogP contribution in [-0.2, 0) is 52.4 Å². The first-order valence-electron chi connectivity index (χ1n) is 14.3. The SMILES string of the molecule is CP(C)c1cc2ccccc2[cH-]1.CP(C)c1cc2ccccc2[cH-]1.[F-].[F-].[Zr+2].[Zr+2].c1ccc2[cH-]ccc2c1.c1ccc2[cH-]ccc2c1. The normalized spacial score (nSPS) is 9.87. The molecule has 0 fully saturated rings. The van der Waals surface area contributed by atoms with Gasteiger partial charge in [-0.25, -0.2) is 0 Å². The summed E-state index contributed by atoms with van der Waals surface area (Å²) in [6.07, 6.45) is 0. The maximum Gasteiger partial charge on any atom is 2.00 e. The summed E-state index contributed by atoms with van der Waals surface area (Å²) in [6.45, 7) is 9.18. The molecular formula is C40H38F2P2Zr2-2. The van der Waals surface area contributed by atoms with Gasteiger partial charge in [0.2, 0.25) is 0 Å². The van der Waals surface area contributed by atoms with Gasteiger partial charge in [-0.3, -0.25) is 0 Å². The Morgan fingerprint density at radius 2 is 0.696 bits per heavy atom. The van der Waals surface area contributed by atoms with Crippen LogP contribution in [0.25, 0.3) is 43.1 Å². The van der Waals surface area contributed by atoms with E-state index in [0.717, 1.165) is 0 Å². The van der Waals surface area contributed by atoms with E-state index in [1.54, 1.807) is 0 Å². The molecule has 8 aromatic carbocycles. The third kappa shape index (κ3) is 11.5. The molecule has 0 N–H and O–H groups in total. The van der Waals surface area contributed by atoms with E-state index in [9.17, 15) is 0 Å². The molecule has 0 amide bonds. The Kier molecular flexibility index (Phi) is 19.0. The van der Waals surface area contributed by atoms with E-state index in [2.05, 4.69) is 184 Å². The zero-order valence-corrected chi connectivity index (χ0v) is 33.4. The van der Waals surface area contributed by atoms with Crippen LogP contribution in [0.15, 0.2) is 158 Å². The van der Waals surface area contributed by atoms with Crippen molar-refractivity contribution < 1.29 is 61.8 Å². The number of rotatable bonds is 2. The fourth-order valence-corrected chi connectivity index (χ4v) is 6.51. The molecule has 6 heteroatoms. The average Bonchev–Trinajstić information content (AvgIpc) is 3.83. The Bertz CT molecular complexity index is 1710. The number of hydrogen-bond acceptors (Lipinski definition) is 0. The summed E-state index contributed by atoms with van der Waals surface area (Å²) < 4.78 is 0. The molecule has 0 unspecified atom stereocenters. The van der Waals surface area contributed by atoms with Crippen molar-refractivity contribution in [1.29, 1.82) is 0 Å². The Morgan fingerprint density at radius 3 is 1.00 bits per heavy atom. The topological polar surface area (TPSA) is 0 Å². The Labute approximate surface area is 313 Å². The van der Waals surface area contributed by atoms with Crippen LogP contribution in [0.2, 0.25) is 0 Å². The number of halogens is 2. The minimum atomic E-state index is 0. The van der Waals surface area contributed by atoms with Gasteiger partial charge >= 0.3 is 52.4 Å². The smallest absolute Gasteiger partial charge is 1.00 e. The fourth-order valence-electron chi connectivity index (χ4n) is 4.92. The minimum Gasteiger partial charge on any atom is -1.00 e. The zero-order chi connectivity index (χ0) is 29.3. The number of hydrogen-bond donors (Lipinski definition) is 0. The van der Waals surface area contributed by atoms with Crippen LogP contribution in [0, 0.1) is 0 Å². The van der Waals surface area contributed by atoms with Crippen LogP contribution >= 0.6 is 15.8 Å². The second-order valence-electron chi connectivity index (χ2n) is 10.8. The standard InChI is InChI=1S/2C11H12P.2C9H7.2FH.2Zr/c2*1-12(2)11-7-9-5-3-4-6-10(9)8-11;2*1-2-5-9-7-3-6-8(9)4-1;;;;/h2*3-8H,1-2H3;2*1-7H;2*1H;;/q4*-1;;;2*+2/p-2. The van der Waals surface area contributed by atoms with Gasteiger partial charge in [-0.05, 0) is 26.7 Å². The van der Waals surface area contributed by atoms with E-state index < -0.39 is 0 Å². The summed E-state index contributed by atoms with van der Waals surface area (Å²) in [5.41, 5.74) is 0. The summed E-state index contributed by atoms with van der Waals surface area (Å²) in [7, 11) is 0.115. The molecule has 0 spiro atoms. The van der Waals surface area contributed by atoms with E-state index in [-0.39, 0.29) is 77.7 Å². The van der Waals surface area contributed by atoms with Gasteiger partial charge in [0.1, 0.15) is 0 Å². The molecular weight excluding hydrogens is 763 g/mol. The van der Waals surface area contributed by atoms with Crippen LogP contribution in [0.5, 0.6) is 0 Å². The van der Waals surface area contributed by atoms with Gasteiger partial charge in [0.15, 0.2) is 0 Å². The van der Waals surface area contributed by atoms with Crippen LogP contribution in [0.3, 0.4) is 0 Å². The van der Waals surface area contributed by atoms with Gasteiger partial charge in [0.05, 0.1) is 0 Å². The second kappa shape index (κ2) is 20.9. The van der Waals surface area contributed by atoms with Crippen molar-refractivity contribution in [3.05, 3.63) is 158 Å². The molecule has 232 valence electrons. The molecule has 0 heterocycles. The van der Waals surface area contributed by atoms with Crippen LogP contribution in [0.4, 0.5) is 0 Å². The van der Waals surface area contributed by atoms with Gasteiger partial charge in [0, 0.05) is 0 Å². The molecule has 8 rings (SSSR count). The van der Waals surface area contributed by atoms with Crippen LogP contribution in [0.1, 0.15) is 0 Å². The maximum absolute atomic E-state index is 2.31. The summed E-state index contributed by atoms with van der Waals surface area (Å²) in [5, 5.41) is 13.8. The zero-order valence-electron chi connectivity index (χ0n) is 26.7. The monoisotopic (exact) mass is 798 g/mol. The summed E-state index contributed by atoms with van der Waals surface area (Å²) in [6, 6.07) is 55.7. The average molecular weight is 801 g/mol.